The van der Waals surface area contributed by atoms with Crippen LogP contribution in [0.15, 0.2) is 21.9 Å². The van der Waals surface area contributed by atoms with E-state index >= 15 is 0 Å². The normalized spacial score (nSPS) is 12.8. The van der Waals surface area contributed by atoms with E-state index in [0.717, 1.165) is 4.57 Å². The quantitative estimate of drug-likeness (QED) is 0.489. The minimum Gasteiger partial charge on any atom is -0.352 e. The zero-order valence-electron chi connectivity index (χ0n) is 6.35. The summed E-state index contributed by atoms with van der Waals surface area (Å²) in [6.45, 7) is 0. The molecule has 0 fully saturated rings. The maximum atomic E-state index is 11.0. The van der Waals surface area contributed by atoms with Gasteiger partial charge in [-0.1, -0.05) is 0 Å². The van der Waals surface area contributed by atoms with Crippen LogP contribution in [-0.2, 0) is 4.74 Å². The fourth-order valence-electron chi connectivity index (χ4n) is 0.715. The van der Waals surface area contributed by atoms with E-state index in [9.17, 15) is 9.59 Å². The molecular weight excluding hydrogens is 180 g/mol. The van der Waals surface area contributed by atoms with Crippen molar-refractivity contribution >= 4 is 12.6 Å². The van der Waals surface area contributed by atoms with E-state index in [1.54, 1.807) is 0 Å². The van der Waals surface area contributed by atoms with Crippen molar-refractivity contribution in [3.05, 3.63) is 33.1 Å². The SMILES string of the molecule is COC(S)n1ccc(=O)[nH]c1=O. The van der Waals surface area contributed by atoms with E-state index in [-0.39, 0.29) is 0 Å². The van der Waals surface area contributed by atoms with Crippen molar-refractivity contribution in [2.45, 2.75) is 5.56 Å². The second-order valence-corrected chi connectivity index (χ2v) is 2.52. The van der Waals surface area contributed by atoms with E-state index in [0.29, 0.717) is 0 Å². The molecule has 0 aliphatic rings. The van der Waals surface area contributed by atoms with Crippen molar-refractivity contribution in [3.8, 4) is 0 Å². The van der Waals surface area contributed by atoms with Crippen LogP contribution in [0.2, 0.25) is 0 Å². The van der Waals surface area contributed by atoms with Crippen molar-refractivity contribution in [2.75, 3.05) is 7.11 Å². The summed E-state index contributed by atoms with van der Waals surface area (Å²) >= 11 is 3.94. The smallest absolute Gasteiger partial charge is 0.331 e. The molecule has 1 unspecified atom stereocenters. The molecular formula is C6H8N2O3S. The lowest BCUT2D eigenvalue weighted by molar-refractivity contribution is 0.118. The lowest BCUT2D eigenvalue weighted by Crippen LogP contribution is -2.30. The highest BCUT2D eigenvalue weighted by Crippen LogP contribution is 2.05. The van der Waals surface area contributed by atoms with Crippen LogP contribution in [0.4, 0.5) is 0 Å². The summed E-state index contributed by atoms with van der Waals surface area (Å²) in [5, 5.41) is 0. The third-order valence-corrected chi connectivity index (χ3v) is 1.76. The number of hydrogen-bond acceptors (Lipinski definition) is 4. The van der Waals surface area contributed by atoms with Crippen LogP contribution in [0.1, 0.15) is 5.56 Å². The Morgan fingerprint density at radius 3 is 2.83 bits per heavy atom. The summed E-state index contributed by atoms with van der Waals surface area (Å²) in [6, 6.07) is 1.23. The summed E-state index contributed by atoms with van der Waals surface area (Å²) in [5.41, 5.74) is -1.65. The van der Waals surface area contributed by atoms with Gasteiger partial charge in [0.2, 0.25) is 0 Å². The standard InChI is InChI=1S/C6H8N2O3S/c1-11-6(12)8-3-2-4(9)7-5(8)10/h2-3,6,12H,1H3,(H,7,9,10). The van der Waals surface area contributed by atoms with Gasteiger partial charge in [-0.25, -0.2) is 4.79 Å². The molecule has 0 bridgehead atoms. The average molecular weight is 188 g/mol. The minimum atomic E-state index is -0.672. The van der Waals surface area contributed by atoms with Gasteiger partial charge in [-0.3, -0.25) is 14.3 Å². The summed E-state index contributed by atoms with van der Waals surface area (Å²) in [4.78, 5) is 23.7. The number of nitrogens with zero attached hydrogens (tertiary/aromatic N) is 1. The van der Waals surface area contributed by atoms with Crippen LogP contribution in [0, 0.1) is 0 Å². The van der Waals surface area contributed by atoms with Crippen molar-refractivity contribution in [2.24, 2.45) is 0 Å². The van der Waals surface area contributed by atoms with Gasteiger partial charge in [0.25, 0.3) is 5.56 Å². The van der Waals surface area contributed by atoms with Crippen LogP contribution in [-0.4, -0.2) is 16.7 Å². The molecule has 0 aliphatic heterocycles. The molecule has 0 saturated carbocycles. The first-order chi connectivity index (χ1) is 5.65. The fourth-order valence-corrected chi connectivity index (χ4v) is 0.897. The average Bonchev–Trinajstić information content (AvgIpc) is 2.03. The first-order valence-electron chi connectivity index (χ1n) is 3.17. The first kappa shape index (κ1) is 9.08. The Balaban J connectivity index is 3.19. The molecule has 0 spiro atoms. The number of thiol groups is 1. The summed E-state index contributed by atoms with van der Waals surface area (Å²) < 4.78 is 5.92. The van der Waals surface area contributed by atoms with Gasteiger partial charge in [0.1, 0.15) is 0 Å². The van der Waals surface area contributed by atoms with Gasteiger partial charge in [0, 0.05) is 19.4 Å². The summed E-state index contributed by atoms with van der Waals surface area (Å²) in [7, 11) is 1.41. The lowest BCUT2D eigenvalue weighted by Gasteiger charge is -2.09. The molecule has 12 heavy (non-hydrogen) atoms. The number of hydrogen-bond donors (Lipinski definition) is 2. The molecule has 5 nitrogen and oxygen atoms in total. The minimum absolute atomic E-state index is 0.437. The first-order valence-corrected chi connectivity index (χ1v) is 3.69. The van der Waals surface area contributed by atoms with Gasteiger partial charge in [-0.15, -0.1) is 12.6 Å². The highest BCUT2D eigenvalue weighted by Gasteiger charge is 2.04. The molecule has 1 N–H and O–H groups in total. The highest BCUT2D eigenvalue weighted by molar-refractivity contribution is 7.80. The maximum Gasteiger partial charge on any atom is 0.331 e. The molecule has 66 valence electrons. The monoisotopic (exact) mass is 188 g/mol. The van der Waals surface area contributed by atoms with Crippen LogP contribution in [0.3, 0.4) is 0 Å². The van der Waals surface area contributed by atoms with Crippen molar-refractivity contribution in [1.29, 1.82) is 0 Å². The van der Waals surface area contributed by atoms with Crippen molar-refractivity contribution < 1.29 is 4.74 Å². The van der Waals surface area contributed by atoms with E-state index in [2.05, 4.69) is 17.6 Å². The Labute approximate surface area is 73.4 Å². The van der Waals surface area contributed by atoms with Crippen LogP contribution >= 0.6 is 12.6 Å². The number of rotatable bonds is 2. The zero-order valence-corrected chi connectivity index (χ0v) is 7.25. The number of nitrogens with one attached hydrogen (secondary N) is 1. The molecule has 1 aromatic heterocycles. The topological polar surface area (TPSA) is 64.1 Å². The molecule has 0 radical (unpaired) electrons. The number of ether oxygens (including phenoxy) is 1. The van der Waals surface area contributed by atoms with Gasteiger partial charge >= 0.3 is 5.69 Å². The number of methoxy groups -OCH3 is 1. The third-order valence-electron chi connectivity index (χ3n) is 1.30. The summed E-state index contributed by atoms with van der Waals surface area (Å²) in [5.74, 6) is 0. The van der Waals surface area contributed by atoms with Crippen LogP contribution in [0.25, 0.3) is 0 Å². The zero-order chi connectivity index (χ0) is 9.14. The Morgan fingerprint density at radius 2 is 2.33 bits per heavy atom. The van der Waals surface area contributed by atoms with Gasteiger partial charge < -0.3 is 4.74 Å². The van der Waals surface area contributed by atoms with E-state index in [4.69, 9.17) is 4.74 Å². The van der Waals surface area contributed by atoms with Crippen LogP contribution in [0.5, 0.6) is 0 Å². The highest BCUT2D eigenvalue weighted by atomic mass is 32.1. The molecule has 0 amide bonds. The molecule has 1 aromatic rings. The predicted molar refractivity (Wildman–Crippen MR) is 46.4 cm³/mol. The van der Waals surface area contributed by atoms with E-state index in [1.807, 2.05) is 0 Å². The second-order valence-electron chi connectivity index (χ2n) is 2.08. The number of aromatic nitrogens is 2. The molecule has 0 aliphatic carbocycles. The van der Waals surface area contributed by atoms with E-state index < -0.39 is 16.8 Å². The Bertz CT molecular complexity index is 370. The van der Waals surface area contributed by atoms with Gasteiger partial charge in [0.15, 0.2) is 5.56 Å². The molecule has 1 heterocycles. The largest absolute Gasteiger partial charge is 0.352 e. The number of H-pyrrole nitrogens is 1. The maximum absolute atomic E-state index is 11.0. The molecule has 0 saturated heterocycles. The summed E-state index contributed by atoms with van der Waals surface area (Å²) in [6.07, 6.45) is 1.32. The van der Waals surface area contributed by atoms with Gasteiger partial charge in [-0.05, 0) is 0 Å². The Morgan fingerprint density at radius 1 is 1.67 bits per heavy atom. The van der Waals surface area contributed by atoms with Crippen LogP contribution < -0.4 is 11.2 Å². The van der Waals surface area contributed by atoms with Crippen molar-refractivity contribution in [3.63, 3.8) is 0 Å². The number of aromatic amines is 1. The van der Waals surface area contributed by atoms with Gasteiger partial charge in [-0.2, -0.15) is 0 Å². The third kappa shape index (κ3) is 1.77. The second kappa shape index (κ2) is 3.59. The molecule has 0 aromatic carbocycles. The Kier molecular flexibility index (Phi) is 2.72. The van der Waals surface area contributed by atoms with E-state index in [1.165, 1.54) is 19.4 Å². The van der Waals surface area contributed by atoms with Gasteiger partial charge in [0.05, 0.1) is 0 Å². The predicted octanol–water partition coefficient (Wildman–Crippen LogP) is -0.431. The fraction of sp³-hybridized carbons (Fsp3) is 0.333. The molecule has 6 heteroatoms. The molecule has 1 atom stereocenters. The Hall–Kier alpha value is -1.01. The molecule has 1 rings (SSSR count). The van der Waals surface area contributed by atoms with Crippen molar-refractivity contribution in [1.82, 2.24) is 9.55 Å². The lowest BCUT2D eigenvalue weighted by atomic mass is 10.6.